The third-order valence-electron chi connectivity index (χ3n) is 4.91. The van der Waals surface area contributed by atoms with Crippen LogP contribution in [0.2, 0.25) is 10.0 Å². The van der Waals surface area contributed by atoms with Gasteiger partial charge in [0.25, 0.3) is 0 Å². The fraction of sp³-hybridized carbons (Fsp3) is 0.368. The van der Waals surface area contributed by atoms with Gasteiger partial charge >= 0.3 is 0 Å². The molecule has 1 aliphatic carbocycles. The Morgan fingerprint density at radius 1 is 1.16 bits per heavy atom. The van der Waals surface area contributed by atoms with Crippen LogP contribution in [0.3, 0.4) is 0 Å². The van der Waals surface area contributed by atoms with Crippen LogP contribution in [-0.4, -0.2) is 22.1 Å². The summed E-state index contributed by atoms with van der Waals surface area (Å²) in [5.74, 6) is -0.550. The predicted octanol–water partition coefficient (Wildman–Crippen LogP) is 4.52. The summed E-state index contributed by atoms with van der Waals surface area (Å²) in [6.45, 7) is 2.05. The number of aromatic nitrogens is 1. The highest BCUT2D eigenvalue weighted by Gasteiger charge is 2.41. The van der Waals surface area contributed by atoms with E-state index in [9.17, 15) is 9.90 Å². The Hall–Kier alpha value is -1.62. The monoisotopic (exact) mass is 378 g/mol. The molecule has 1 amide bonds. The number of rotatable bonds is 3. The molecule has 1 saturated carbocycles. The van der Waals surface area contributed by atoms with E-state index in [1.807, 2.05) is 12.1 Å². The van der Waals surface area contributed by atoms with E-state index in [1.165, 1.54) is 0 Å². The molecule has 3 rings (SSSR count). The molecule has 0 bridgehead atoms. The molecule has 1 aliphatic rings. The maximum absolute atomic E-state index is 13.0. The number of anilines is 1. The second kappa shape index (κ2) is 7.73. The van der Waals surface area contributed by atoms with Crippen molar-refractivity contribution in [2.45, 2.75) is 31.8 Å². The predicted molar refractivity (Wildman–Crippen MR) is 100.0 cm³/mol. The molecular weight excluding hydrogens is 359 g/mol. The van der Waals surface area contributed by atoms with E-state index in [1.54, 1.807) is 30.6 Å². The smallest absolute Gasteiger partial charge is 0.228 e. The normalized spacial score (nSPS) is 26.2. The lowest BCUT2D eigenvalue weighted by atomic mass is 9.68. The first-order valence-corrected chi connectivity index (χ1v) is 9.07. The van der Waals surface area contributed by atoms with Crippen LogP contribution in [-0.2, 0) is 4.79 Å². The molecule has 1 heterocycles. The van der Waals surface area contributed by atoms with Gasteiger partial charge in [0.2, 0.25) is 5.91 Å². The molecule has 0 saturated heterocycles. The quantitative estimate of drug-likeness (QED) is 0.825. The number of halogens is 2. The van der Waals surface area contributed by atoms with Crippen molar-refractivity contribution >= 4 is 34.8 Å². The lowest BCUT2D eigenvalue weighted by Crippen LogP contribution is -2.42. The molecule has 2 aromatic rings. The van der Waals surface area contributed by atoms with Crippen molar-refractivity contribution in [3.05, 3.63) is 58.3 Å². The summed E-state index contributed by atoms with van der Waals surface area (Å²) in [6.07, 6.45) is 4.32. The average molecular weight is 379 g/mol. The van der Waals surface area contributed by atoms with E-state index in [-0.39, 0.29) is 23.7 Å². The van der Waals surface area contributed by atoms with Crippen LogP contribution in [0, 0.1) is 11.8 Å². The summed E-state index contributed by atoms with van der Waals surface area (Å²) in [6, 6.07) is 8.74. The molecular formula is C19H20Cl2N2O2. The minimum Gasteiger partial charge on any atom is -0.392 e. The van der Waals surface area contributed by atoms with Crippen LogP contribution >= 0.6 is 23.2 Å². The number of aliphatic hydroxyl groups excluding tert-OH is 1. The first-order valence-electron chi connectivity index (χ1n) is 8.31. The lowest BCUT2D eigenvalue weighted by molar-refractivity contribution is -0.125. The van der Waals surface area contributed by atoms with Crippen LogP contribution in [0.4, 0.5) is 5.69 Å². The van der Waals surface area contributed by atoms with Gasteiger partial charge in [-0.05, 0) is 54.7 Å². The molecule has 0 unspecified atom stereocenters. The number of aliphatic hydroxyl groups is 1. The van der Waals surface area contributed by atoms with Crippen LogP contribution in [0.5, 0.6) is 0 Å². The van der Waals surface area contributed by atoms with Gasteiger partial charge in [-0.1, -0.05) is 30.1 Å². The van der Waals surface area contributed by atoms with E-state index in [0.717, 1.165) is 12.0 Å². The van der Waals surface area contributed by atoms with Crippen molar-refractivity contribution < 1.29 is 9.90 Å². The second-order valence-corrected chi connectivity index (χ2v) is 7.39. The Morgan fingerprint density at radius 2 is 1.88 bits per heavy atom. The molecule has 1 fully saturated rings. The highest BCUT2D eigenvalue weighted by molar-refractivity contribution is 6.42. The maximum Gasteiger partial charge on any atom is 0.228 e. The van der Waals surface area contributed by atoms with Gasteiger partial charge in [-0.2, -0.15) is 0 Å². The first-order chi connectivity index (χ1) is 12.0. The topological polar surface area (TPSA) is 62.2 Å². The summed E-state index contributed by atoms with van der Waals surface area (Å²) in [4.78, 5) is 17.0. The molecule has 0 radical (unpaired) electrons. The molecule has 132 valence electrons. The average Bonchev–Trinajstić information content (AvgIpc) is 2.60. The number of amides is 1. The van der Waals surface area contributed by atoms with Crippen molar-refractivity contribution in [1.82, 2.24) is 4.98 Å². The largest absolute Gasteiger partial charge is 0.392 e. The molecule has 1 aromatic heterocycles. The highest BCUT2D eigenvalue weighted by atomic mass is 35.5. The second-order valence-electron chi connectivity index (χ2n) is 6.57. The molecule has 25 heavy (non-hydrogen) atoms. The fourth-order valence-electron chi connectivity index (χ4n) is 3.62. The van der Waals surface area contributed by atoms with Crippen LogP contribution in [0.15, 0.2) is 42.7 Å². The third kappa shape index (κ3) is 3.97. The number of hydrogen-bond donors (Lipinski definition) is 2. The van der Waals surface area contributed by atoms with Gasteiger partial charge in [-0.15, -0.1) is 0 Å². The van der Waals surface area contributed by atoms with E-state index in [2.05, 4.69) is 17.2 Å². The third-order valence-corrected chi connectivity index (χ3v) is 5.65. The molecule has 0 spiro atoms. The van der Waals surface area contributed by atoms with Crippen LogP contribution in [0.25, 0.3) is 0 Å². The van der Waals surface area contributed by atoms with Crippen molar-refractivity contribution in [3.8, 4) is 0 Å². The number of benzene rings is 1. The maximum atomic E-state index is 13.0. The lowest BCUT2D eigenvalue weighted by Gasteiger charge is -2.39. The van der Waals surface area contributed by atoms with Gasteiger partial charge in [-0.3, -0.25) is 9.78 Å². The summed E-state index contributed by atoms with van der Waals surface area (Å²) >= 11 is 12.0. The van der Waals surface area contributed by atoms with Gasteiger partial charge < -0.3 is 10.4 Å². The van der Waals surface area contributed by atoms with Crippen LogP contribution < -0.4 is 5.32 Å². The molecule has 6 heteroatoms. The first kappa shape index (κ1) is 18.2. The Labute approximate surface area is 157 Å². The van der Waals surface area contributed by atoms with Gasteiger partial charge in [-0.25, -0.2) is 0 Å². The van der Waals surface area contributed by atoms with Crippen molar-refractivity contribution in [3.63, 3.8) is 0 Å². The molecule has 4 atom stereocenters. The summed E-state index contributed by atoms with van der Waals surface area (Å²) in [5, 5.41) is 14.3. The number of nitrogens with zero attached hydrogens (tertiary/aromatic N) is 1. The van der Waals surface area contributed by atoms with Gasteiger partial charge in [0.15, 0.2) is 0 Å². The fourth-order valence-corrected chi connectivity index (χ4v) is 3.92. The molecule has 2 N–H and O–H groups in total. The Morgan fingerprint density at radius 3 is 2.56 bits per heavy atom. The number of hydrogen-bond acceptors (Lipinski definition) is 3. The highest BCUT2D eigenvalue weighted by Crippen LogP contribution is 2.42. The van der Waals surface area contributed by atoms with Crippen molar-refractivity contribution in [2.24, 2.45) is 11.8 Å². The Balaban J connectivity index is 1.87. The van der Waals surface area contributed by atoms with E-state index in [4.69, 9.17) is 23.2 Å². The van der Waals surface area contributed by atoms with Gasteiger partial charge in [0.1, 0.15) is 0 Å². The minimum atomic E-state index is -0.553. The Bertz CT molecular complexity index is 754. The zero-order valence-electron chi connectivity index (χ0n) is 13.8. The summed E-state index contributed by atoms with van der Waals surface area (Å²) in [7, 11) is 0. The van der Waals surface area contributed by atoms with E-state index >= 15 is 0 Å². The molecule has 1 aromatic carbocycles. The number of carbonyl (C=O) groups excluding carboxylic acids is 1. The molecule has 4 nitrogen and oxygen atoms in total. The van der Waals surface area contributed by atoms with Crippen molar-refractivity contribution in [1.29, 1.82) is 0 Å². The zero-order valence-corrected chi connectivity index (χ0v) is 15.3. The number of pyridine rings is 1. The SMILES string of the molecule is C[C@H]1CC[C@@H](O)[C@@H](c2ccncc2)[C@H]1C(=O)Nc1ccc(Cl)c(Cl)c1. The number of nitrogens with one attached hydrogen (secondary N) is 1. The standard InChI is InChI=1S/C19H20Cl2N2O2/c1-11-2-5-16(24)18(12-6-8-22-9-7-12)17(11)19(25)23-13-3-4-14(20)15(21)10-13/h3-4,6-11,16-18,24H,2,5H2,1H3,(H,23,25)/t11-,16+,17-,18+/m0/s1. The molecule has 0 aliphatic heterocycles. The summed E-state index contributed by atoms with van der Waals surface area (Å²) < 4.78 is 0. The van der Waals surface area contributed by atoms with Gasteiger partial charge in [0, 0.05) is 24.0 Å². The minimum absolute atomic E-state index is 0.119. The zero-order chi connectivity index (χ0) is 18.0. The Kier molecular flexibility index (Phi) is 5.62. The van der Waals surface area contributed by atoms with E-state index in [0.29, 0.717) is 22.2 Å². The van der Waals surface area contributed by atoms with Gasteiger partial charge in [0.05, 0.1) is 22.1 Å². The van der Waals surface area contributed by atoms with Crippen molar-refractivity contribution in [2.75, 3.05) is 5.32 Å². The van der Waals surface area contributed by atoms with Crippen LogP contribution in [0.1, 0.15) is 31.2 Å². The number of carbonyl (C=O) groups is 1. The summed E-state index contributed by atoms with van der Waals surface area (Å²) in [5.41, 5.74) is 1.53. The van der Waals surface area contributed by atoms with E-state index < -0.39 is 6.10 Å².